The van der Waals surface area contributed by atoms with Crippen LogP contribution in [0.3, 0.4) is 0 Å². The van der Waals surface area contributed by atoms with Crippen LogP contribution in [0.2, 0.25) is 0 Å². The fraction of sp³-hybridized carbons (Fsp3) is 0.368. The van der Waals surface area contributed by atoms with Gasteiger partial charge in [0.15, 0.2) is 0 Å². The van der Waals surface area contributed by atoms with Gasteiger partial charge >= 0.3 is 0 Å². The van der Waals surface area contributed by atoms with Crippen molar-refractivity contribution in [1.29, 1.82) is 5.26 Å². The molecule has 0 unspecified atom stereocenters. The lowest BCUT2D eigenvalue weighted by molar-refractivity contribution is -0.395. The Balaban J connectivity index is 1.98. The summed E-state index contributed by atoms with van der Waals surface area (Å²) in [5, 5.41) is 35.0. The van der Waals surface area contributed by atoms with Crippen LogP contribution in [0.15, 0.2) is 12.1 Å². The molecule has 1 aromatic carbocycles. The Morgan fingerprint density at radius 2 is 1.93 bits per heavy atom. The van der Waals surface area contributed by atoms with E-state index < -0.39 is 27.1 Å². The molecule has 1 amide bonds. The van der Waals surface area contributed by atoms with Gasteiger partial charge in [-0.05, 0) is 37.7 Å². The minimum Gasteiger partial charge on any atom is -0.312 e. The van der Waals surface area contributed by atoms with Gasteiger partial charge in [0.25, 0.3) is 17.3 Å². The summed E-state index contributed by atoms with van der Waals surface area (Å²) in [6.45, 7) is 3.39. The maximum absolute atomic E-state index is 12.7. The molecule has 29 heavy (non-hydrogen) atoms. The van der Waals surface area contributed by atoms with E-state index in [2.05, 4.69) is 18.3 Å². The molecule has 0 saturated heterocycles. The van der Waals surface area contributed by atoms with Crippen LogP contribution in [-0.2, 0) is 12.8 Å². The molecule has 0 aliphatic heterocycles. The Labute approximate surface area is 170 Å². The number of nitrogens with one attached hydrogen (secondary N) is 1. The predicted octanol–water partition coefficient (Wildman–Crippen LogP) is 4.51. The summed E-state index contributed by atoms with van der Waals surface area (Å²) in [4.78, 5) is 34.7. The number of carbonyl (C=O) groups is 1. The van der Waals surface area contributed by atoms with Gasteiger partial charge in [-0.25, -0.2) is 0 Å². The Kier molecular flexibility index (Phi) is 5.61. The van der Waals surface area contributed by atoms with Crippen molar-refractivity contribution in [3.05, 3.63) is 59.5 Å². The largest absolute Gasteiger partial charge is 0.312 e. The minimum absolute atomic E-state index is 0.119. The molecule has 9 nitrogen and oxygen atoms in total. The number of nitrogens with zero attached hydrogens (tertiary/aromatic N) is 3. The van der Waals surface area contributed by atoms with Crippen LogP contribution in [0.1, 0.15) is 51.7 Å². The second-order valence-electron chi connectivity index (χ2n) is 6.94. The Hall–Kier alpha value is -3.32. The quantitative estimate of drug-likeness (QED) is 0.564. The number of fused-ring (bicyclic) bond motifs is 1. The van der Waals surface area contributed by atoms with E-state index in [9.17, 15) is 30.3 Å². The highest BCUT2D eigenvalue weighted by atomic mass is 32.1. The van der Waals surface area contributed by atoms with E-state index in [1.54, 1.807) is 0 Å². The molecule has 150 valence electrons. The number of thiophene rings is 1. The fourth-order valence-electron chi connectivity index (χ4n) is 3.58. The molecular weight excluding hydrogens is 396 g/mol. The highest BCUT2D eigenvalue weighted by Gasteiger charge is 2.28. The van der Waals surface area contributed by atoms with Crippen molar-refractivity contribution in [3.63, 3.8) is 0 Å². The highest BCUT2D eigenvalue weighted by Crippen LogP contribution is 2.40. The van der Waals surface area contributed by atoms with Gasteiger partial charge in [0.2, 0.25) is 0 Å². The average Bonchev–Trinajstić information content (AvgIpc) is 3.03. The van der Waals surface area contributed by atoms with E-state index in [0.717, 1.165) is 48.3 Å². The number of hydrogen-bond acceptors (Lipinski definition) is 7. The van der Waals surface area contributed by atoms with Gasteiger partial charge in [-0.15, -0.1) is 11.3 Å². The lowest BCUT2D eigenvalue weighted by atomic mass is 9.86. The maximum Gasteiger partial charge on any atom is 0.279 e. The van der Waals surface area contributed by atoms with Gasteiger partial charge in [0.1, 0.15) is 16.6 Å². The van der Waals surface area contributed by atoms with Crippen LogP contribution < -0.4 is 5.32 Å². The topological polar surface area (TPSA) is 139 Å². The van der Waals surface area contributed by atoms with Gasteiger partial charge in [-0.2, -0.15) is 5.26 Å². The highest BCUT2D eigenvalue weighted by molar-refractivity contribution is 7.16. The first-order valence-electron chi connectivity index (χ1n) is 9.06. The third-order valence-electron chi connectivity index (χ3n) is 5.29. The molecule has 0 saturated carbocycles. The summed E-state index contributed by atoms with van der Waals surface area (Å²) in [5.41, 5.74) is 0.0340. The zero-order chi connectivity index (χ0) is 21.3. The van der Waals surface area contributed by atoms with E-state index in [0.29, 0.717) is 16.5 Å². The van der Waals surface area contributed by atoms with Crippen LogP contribution in [0.5, 0.6) is 0 Å². The van der Waals surface area contributed by atoms with E-state index in [1.165, 1.54) is 18.3 Å². The monoisotopic (exact) mass is 414 g/mol. The molecule has 2 aromatic rings. The first kappa shape index (κ1) is 20.4. The molecule has 1 atom stereocenters. The van der Waals surface area contributed by atoms with Crippen molar-refractivity contribution in [2.45, 2.75) is 39.5 Å². The zero-order valence-electron chi connectivity index (χ0n) is 15.9. The second kappa shape index (κ2) is 7.97. The summed E-state index contributed by atoms with van der Waals surface area (Å²) in [7, 11) is 0. The first-order valence-corrected chi connectivity index (χ1v) is 9.87. The third kappa shape index (κ3) is 3.82. The maximum atomic E-state index is 12.7. The van der Waals surface area contributed by atoms with Gasteiger partial charge in [0.05, 0.1) is 21.0 Å². The molecule has 1 N–H and O–H groups in total. The van der Waals surface area contributed by atoms with Crippen LogP contribution in [0, 0.1) is 44.4 Å². The number of carbonyl (C=O) groups excluding carboxylic acids is 1. The average molecular weight is 414 g/mol. The number of nitro groups is 2. The van der Waals surface area contributed by atoms with Crippen molar-refractivity contribution in [1.82, 2.24) is 0 Å². The number of hydrogen-bond donors (Lipinski definition) is 1. The van der Waals surface area contributed by atoms with E-state index in [1.807, 2.05) is 0 Å². The SMILES string of the molecule is CC[C@@H]1CCc2c(sc(NC(=O)c3cc([N+](=O)[O-])c(C)c([N+](=O)[O-])c3)c2C#N)C1. The van der Waals surface area contributed by atoms with E-state index >= 15 is 0 Å². The molecular formula is C19H18N4O5S. The van der Waals surface area contributed by atoms with Crippen LogP contribution in [0.4, 0.5) is 16.4 Å². The molecule has 1 aliphatic carbocycles. The molecule has 0 bridgehead atoms. The normalized spacial score (nSPS) is 15.3. The van der Waals surface area contributed by atoms with Crippen molar-refractivity contribution < 1.29 is 14.6 Å². The molecule has 0 spiro atoms. The van der Waals surface area contributed by atoms with Gasteiger partial charge < -0.3 is 5.32 Å². The zero-order valence-corrected chi connectivity index (χ0v) is 16.7. The summed E-state index contributed by atoms with van der Waals surface area (Å²) in [6.07, 6.45) is 3.64. The molecule has 3 rings (SSSR count). The number of benzene rings is 1. The van der Waals surface area contributed by atoms with Crippen molar-refractivity contribution in [3.8, 4) is 6.07 Å². The van der Waals surface area contributed by atoms with Crippen LogP contribution in [-0.4, -0.2) is 15.8 Å². The second-order valence-corrected chi connectivity index (χ2v) is 8.05. The predicted molar refractivity (Wildman–Crippen MR) is 107 cm³/mol. The number of nitro benzene ring substituents is 2. The number of amides is 1. The van der Waals surface area contributed by atoms with E-state index in [-0.39, 0.29) is 11.1 Å². The molecule has 0 radical (unpaired) electrons. The van der Waals surface area contributed by atoms with Gasteiger partial charge in [-0.1, -0.05) is 13.3 Å². The number of nitriles is 1. The summed E-state index contributed by atoms with van der Waals surface area (Å²) in [6, 6.07) is 4.18. The molecule has 1 aromatic heterocycles. The minimum atomic E-state index is -0.755. The van der Waals surface area contributed by atoms with Crippen LogP contribution >= 0.6 is 11.3 Å². The molecule has 1 aliphatic rings. The van der Waals surface area contributed by atoms with E-state index in [4.69, 9.17) is 0 Å². The third-order valence-corrected chi connectivity index (χ3v) is 6.46. The Morgan fingerprint density at radius 1 is 1.31 bits per heavy atom. The smallest absolute Gasteiger partial charge is 0.279 e. The summed E-state index contributed by atoms with van der Waals surface area (Å²) < 4.78 is 0. The van der Waals surface area contributed by atoms with Crippen molar-refractivity contribution in [2.24, 2.45) is 5.92 Å². The van der Waals surface area contributed by atoms with Crippen molar-refractivity contribution in [2.75, 3.05) is 5.32 Å². The lowest BCUT2D eigenvalue weighted by Crippen LogP contribution is -2.13. The van der Waals surface area contributed by atoms with Gasteiger partial charge in [-0.3, -0.25) is 25.0 Å². The van der Waals surface area contributed by atoms with Gasteiger partial charge in [0, 0.05) is 17.0 Å². The van der Waals surface area contributed by atoms with Crippen LogP contribution in [0.25, 0.3) is 0 Å². The number of rotatable bonds is 5. The summed E-state index contributed by atoms with van der Waals surface area (Å²) in [5.74, 6) is -0.183. The Bertz CT molecular complexity index is 1030. The molecule has 10 heteroatoms. The Morgan fingerprint density at radius 3 is 2.45 bits per heavy atom. The molecule has 1 heterocycles. The number of anilines is 1. The van der Waals surface area contributed by atoms with Crippen molar-refractivity contribution >= 4 is 33.6 Å². The standard InChI is InChI=1S/C19H18N4O5S/c1-3-11-4-5-13-14(9-20)19(29-17(13)6-11)21-18(24)12-7-15(22(25)26)10(2)16(8-12)23(27)28/h7-8,11H,3-6H2,1-2H3,(H,21,24)/t11-/m1/s1. The molecule has 0 fully saturated rings. The fourth-order valence-corrected chi connectivity index (χ4v) is 4.89. The lowest BCUT2D eigenvalue weighted by Gasteiger charge is -2.20. The summed E-state index contributed by atoms with van der Waals surface area (Å²) >= 11 is 1.33. The first-order chi connectivity index (χ1) is 13.8.